The number of carbonyl (C=O) groups excluding carboxylic acids is 1. The number of nitrogens with one attached hydrogen (secondary N) is 1. The van der Waals surface area contributed by atoms with Crippen molar-refractivity contribution in [2.45, 2.75) is 26.2 Å². The van der Waals surface area contributed by atoms with Gasteiger partial charge in [0.15, 0.2) is 0 Å². The van der Waals surface area contributed by atoms with Crippen molar-refractivity contribution in [2.24, 2.45) is 11.8 Å². The number of nitrogens with zero attached hydrogens (tertiary/aromatic N) is 2. The van der Waals surface area contributed by atoms with Crippen LogP contribution >= 0.6 is 0 Å². The topological polar surface area (TPSA) is 45.2 Å². The molecule has 0 bridgehead atoms. The first-order valence-electron chi connectivity index (χ1n) is 7.26. The molecule has 19 heavy (non-hydrogen) atoms. The fourth-order valence-electron chi connectivity index (χ4n) is 3.48. The van der Waals surface area contributed by atoms with Crippen molar-refractivity contribution >= 4 is 11.6 Å². The molecule has 0 spiro atoms. The van der Waals surface area contributed by atoms with E-state index in [1.54, 1.807) is 12.4 Å². The van der Waals surface area contributed by atoms with Crippen molar-refractivity contribution in [1.29, 1.82) is 0 Å². The molecular formula is C15H21N3O. The summed E-state index contributed by atoms with van der Waals surface area (Å²) in [6.07, 6.45) is 7.35. The Kier molecular flexibility index (Phi) is 3.40. The predicted molar refractivity (Wildman–Crippen MR) is 75.1 cm³/mol. The van der Waals surface area contributed by atoms with Crippen LogP contribution in [-0.4, -0.2) is 35.4 Å². The van der Waals surface area contributed by atoms with Gasteiger partial charge in [0.05, 0.1) is 11.3 Å². The van der Waals surface area contributed by atoms with Crippen LogP contribution in [0, 0.1) is 11.8 Å². The highest BCUT2D eigenvalue weighted by Crippen LogP contribution is 2.38. The minimum Gasteiger partial charge on any atom is -0.385 e. The van der Waals surface area contributed by atoms with Crippen LogP contribution in [0.3, 0.4) is 0 Å². The highest BCUT2D eigenvalue weighted by Gasteiger charge is 2.38. The Hall–Kier alpha value is -1.58. The first-order chi connectivity index (χ1) is 9.29. The summed E-state index contributed by atoms with van der Waals surface area (Å²) < 4.78 is 0. The van der Waals surface area contributed by atoms with Gasteiger partial charge in [-0.05, 0) is 37.7 Å². The lowest BCUT2D eigenvalue weighted by Gasteiger charge is -2.19. The third kappa shape index (κ3) is 2.31. The quantitative estimate of drug-likeness (QED) is 0.906. The van der Waals surface area contributed by atoms with E-state index in [1.807, 2.05) is 17.9 Å². The molecule has 2 fully saturated rings. The van der Waals surface area contributed by atoms with E-state index >= 15 is 0 Å². The van der Waals surface area contributed by atoms with Crippen molar-refractivity contribution in [1.82, 2.24) is 9.88 Å². The number of anilines is 1. The number of carbonyl (C=O) groups is 1. The van der Waals surface area contributed by atoms with Gasteiger partial charge in [-0.25, -0.2) is 0 Å². The Morgan fingerprint density at radius 3 is 2.84 bits per heavy atom. The van der Waals surface area contributed by atoms with Crippen LogP contribution in [0.1, 0.15) is 36.5 Å². The smallest absolute Gasteiger partial charge is 0.257 e. The zero-order chi connectivity index (χ0) is 13.2. The van der Waals surface area contributed by atoms with Crippen LogP contribution in [0.5, 0.6) is 0 Å². The molecule has 1 saturated heterocycles. The van der Waals surface area contributed by atoms with E-state index in [9.17, 15) is 4.79 Å². The summed E-state index contributed by atoms with van der Waals surface area (Å²) in [5, 5.41) is 3.24. The number of hydrogen-bond acceptors (Lipinski definition) is 3. The SMILES string of the molecule is CCNc1ccncc1C(=O)N1CC2CCCC2C1. The molecule has 2 aliphatic rings. The Bertz CT molecular complexity index is 462. The molecule has 4 nitrogen and oxygen atoms in total. The van der Waals surface area contributed by atoms with Crippen molar-refractivity contribution in [3.8, 4) is 0 Å². The zero-order valence-corrected chi connectivity index (χ0v) is 11.4. The summed E-state index contributed by atoms with van der Waals surface area (Å²) in [7, 11) is 0. The first kappa shape index (κ1) is 12.5. The number of amides is 1. The number of aromatic nitrogens is 1. The zero-order valence-electron chi connectivity index (χ0n) is 11.4. The molecule has 0 aromatic carbocycles. The molecule has 1 aromatic rings. The monoisotopic (exact) mass is 259 g/mol. The molecule has 0 radical (unpaired) electrons. The molecule has 1 aliphatic carbocycles. The van der Waals surface area contributed by atoms with Crippen LogP contribution in [-0.2, 0) is 0 Å². The van der Waals surface area contributed by atoms with Gasteiger partial charge in [-0.15, -0.1) is 0 Å². The molecule has 1 saturated carbocycles. The second kappa shape index (κ2) is 5.19. The second-order valence-corrected chi connectivity index (χ2v) is 5.61. The summed E-state index contributed by atoms with van der Waals surface area (Å²) in [6, 6.07) is 1.88. The van der Waals surface area contributed by atoms with Gasteiger partial charge in [-0.3, -0.25) is 9.78 Å². The van der Waals surface area contributed by atoms with E-state index in [1.165, 1.54) is 19.3 Å². The molecule has 102 valence electrons. The number of hydrogen-bond donors (Lipinski definition) is 1. The van der Waals surface area contributed by atoms with Crippen molar-refractivity contribution in [2.75, 3.05) is 25.0 Å². The number of likely N-dealkylation sites (tertiary alicyclic amines) is 1. The normalized spacial score (nSPS) is 25.4. The lowest BCUT2D eigenvalue weighted by Crippen LogP contribution is -2.30. The van der Waals surface area contributed by atoms with Crippen LogP contribution in [0.15, 0.2) is 18.5 Å². The molecule has 1 amide bonds. The molecule has 2 heterocycles. The third-order valence-corrected chi connectivity index (χ3v) is 4.43. The summed E-state index contributed by atoms with van der Waals surface area (Å²) in [4.78, 5) is 18.7. The summed E-state index contributed by atoms with van der Waals surface area (Å²) in [5.74, 6) is 1.62. The van der Waals surface area contributed by atoms with E-state index in [2.05, 4.69) is 10.3 Å². The molecule has 1 aromatic heterocycles. The predicted octanol–water partition coefficient (Wildman–Crippen LogP) is 2.39. The van der Waals surface area contributed by atoms with E-state index in [-0.39, 0.29) is 5.91 Å². The van der Waals surface area contributed by atoms with E-state index < -0.39 is 0 Å². The van der Waals surface area contributed by atoms with Gasteiger partial charge < -0.3 is 10.2 Å². The Balaban J connectivity index is 1.77. The van der Waals surface area contributed by atoms with Crippen LogP contribution in [0.25, 0.3) is 0 Å². The van der Waals surface area contributed by atoms with Crippen molar-refractivity contribution < 1.29 is 4.79 Å². The molecule has 2 unspecified atom stereocenters. The first-order valence-corrected chi connectivity index (χ1v) is 7.26. The Morgan fingerprint density at radius 2 is 2.16 bits per heavy atom. The highest BCUT2D eigenvalue weighted by molar-refractivity contribution is 5.99. The molecule has 3 rings (SSSR count). The Labute approximate surface area is 114 Å². The minimum atomic E-state index is 0.137. The number of pyridine rings is 1. The van der Waals surface area contributed by atoms with Crippen molar-refractivity contribution in [3.05, 3.63) is 24.0 Å². The maximum atomic E-state index is 12.6. The summed E-state index contributed by atoms with van der Waals surface area (Å²) in [5.41, 5.74) is 1.61. The fourth-order valence-corrected chi connectivity index (χ4v) is 3.48. The van der Waals surface area contributed by atoms with E-state index in [0.717, 1.165) is 37.2 Å². The number of rotatable bonds is 3. The molecule has 1 N–H and O–H groups in total. The maximum absolute atomic E-state index is 12.6. The van der Waals surface area contributed by atoms with Gasteiger partial charge in [0.1, 0.15) is 0 Å². The van der Waals surface area contributed by atoms with E-state index in [4.69, 9.17) is 0 Å². The largest absolute Gasteiger partial charge is 0.385 e. The second-order valence-electron chi connectivity index (χ2n) is 5.61. The minimum absolute atomic E-state index is 0.137. The molecule has 1 aliphatic heterocycles. The van der Waals surface area contributed by atoms with Gasteiger partial charge in [0.2, 0.25) is 0 Å². The standard InChI is InChI=1S/C15H21N3O/c1-2-17-14-6-7-16-8-13(14)15(19)18-9-11-4-3-5-12(11)10-18/h6-8,11-12H,2-5,9-10H2,1H3,(H,16,17). The molecule has 2 atom stereocenters. The van der Waals surface area contributed by atoms with Crippen LogP contribution in [0.2, 0.25) is 0 Å². The van der Waals surface area contributed by atoms with Gasteiger partial charge in [-0.2, -0.15) is 0 Å². The number of fused-ring (bicyclic) bond motifs is 1. The van der Waals surface area contributed by atoms with Crippen LogP contribution in [0.4, 0.5) is 5.69 Å². The average Bonchev–Trinajstić information content (AvgIpc) is 2.99. The average molecular weight is 259 g/mol. The van der Waals surface area contributed by atoms with Gasteiger partial charge in [0.25, 0.3) is 5.91 Å². The van der Waals surface area contributed by atoms with Gasteiger partial charge in [0, 0.05) is 32.0 Å². The Morgan fingerprint density at radius 1 is 1.42 bits per heavy atom. The van der Waals surface area contributed by atoms with Gasteiger partial charge >= 0.3 is 0 Å². The molecule has 4 heteroatoms. The lowest BCUT2D eigenvalue weighted by atomic mass is 10.0. The lowest BCUT2D eigenvalue weighted by molar-refractivity contribution is 0.0781. The fraction of sp³-hybridized carbons (Fsp3) is 0.600. The third-order valence-electron chi connectivity index (χ3n) is 4.43. The highest BCUT2D eigenvalue weighted by atomic mass is 16.2. The van der Waals surface area contributed by atoms with E-state index in [0.29, 0.717) is 5.56 Å². The van der Waals surface area contributed by atoms with Crippen molar-refractivity contribution in [3.63, 3.8) is 0 Å². The summed E-state index contributed by atoms with van der Waals surface area (Å²) >= 11 is 0. The maximum Gasteiger partial charge on any atom is 0.257 e. The van der Waals surface area contributed by atoms with Gasteiger partial charge in [-0.1, -0.05) is 6.42 Å². The van der Waals surface area contributed by atoms with Crippen LogP contribution < -0.4 is 5.32 Å². The molecular weight excluding hydrogens is 238 g/mol. The summed E-state index contributed by atoms with van der Waals surface area (Å²) in [6.45, 7) is 4.72.